The van der Waals surface area contributed by atoms with Crippen LogP contribution in [0.25, 0.3) is 6.08 Å². The van der Waals surface area contributed by atoms with E-state index in [1.165, 1.54) is 17.4 Å². The van der Waals surface area contributed by atoms with Crippen molar-refractivity contribution in [1.82, 2.24) is 0 Å². The highest BCUT2D eigenvalue weighted by Crippen LogP contribution is 2.30. The molecule has 0 aliphatic carbocycles. The van der Waals surface area contributed by atoms with Crippen LogP contribution < -0.4 is 14.8 Å². The number of carbonyl (C=O) groups is 2. The van der Waals surface area contributed by atoms with Crippen LogP contribution >= 0.6 is 11.3 Å². The van der Waals surface area contributed by atoms with E-state index >= 15 is 0 Å². The molecule has 1 aromatic carbocycles. The molecule has 1 heterocycles. The highest BCUT2D eigenvalue weighted by Gasteiger charge is 2.18. The number of aryl methyl sites for hydroxylation is 1. The molecule has 0 unspecified atom stereocenters. The van der Waals surface area contributed by atoms with Crippen LogP contribution in [0.4, 0.5) is 5.00 Å². The van der Waals surface area contributed by atoms with Crippen molar-refractivity contribution in [3.05, 3.63) is 46.3 Å². The number of hydrogen-bond donors (Lipinski definition) is 1. The molecule has 144 valence electrons. The number of amides is 1. The Kier molecular flexibility index (Phi) is 7.43. The summed E-state index contributed by atoms with van der Waals surface area (Å²) in [4.78, 5) is 25.4. The van der Waals surface area contributed by atoms with Crippen molar-refractivity contribution >= 4 is 34.3 Å². The highest BCUT2D eigenvalue weighted by molar-refractivity contribution is 7.16. The van der Waals surface area contributed by atoms with Gasteiger partial charge in [-0.25, -0.2) is 4.79 Å². The minimum absolute atomic E-state index is 0.277. The first-order chi connectivity index (χ1) is 13.0. The predicted octanol–water partition coefficient (Wildman–Crippen LogP) is 4.16. The summed E-state index contributed by atoms with van der Waals surface area (Å²) in [6, 6.07) is 7.07. The molecule has 1 aromatic heterocycles. The van der Waals surface area contributed by atoms with E-state index in [9.17, 15) is 9.59 Å². The summed E-state index contributed by atoms with van der Waals surface area (Å²) >= 11 is 1.37. The van der Waals surface area contributed by atoms with Crippen LogP contribution in [0, 0.1) is 0 Å². The van der Waals surface area contributed by atoms with E-state index in [1.54, 1.807) is 51.5 Å². The topological polar surface area (TPSA) is 73.9 Å². The lowest BCUT2D eigenvalue weighted by atomic mass is 10.1. The Morgan fingerprint density at radius 3 is 2.56 bits per heavy atom. The molecule has 6 nitrogen and oxygen atoms in total. The molecule has 0 aliphatic heterocycles. The summed E-state index contributed by atoms with van der Waals surface area (Å²) < 4.78 is 15.6. The largest absolute Gasteiger partial charge is 0.497 e. The molecule has 7 heteroatoms. The van der Waals surface area contributed by atoms with Crippen LogP contribution in [0.2, 0.25) is 0 Å². The molecule has 0 spiro atoms. The Hall–Kier alpha value is -2.80. The number of benzene rings is 1. The lowest BCUT2D eigenvalue weighted by molar-refractivity contribution is -0.111. The Labute approximate surface area is 162 Å². The minimum atomic E-state index is -0.442. The highest BCUT2D eigenvalue weighted by atomic mass is 32.1. The van der Waals surface area contributed by atoms with Gasteiger partial charge in [-0.3, -0.25) is 4.79 Å². The van der Waals surface area contributed by atoms with Crippen LogP contribution in [-0.2, 0) is 16.0 Å². The summed E-state index contributed by atoms with van der Waals surface area (Å²) in [5.41, 5.74) is 1.08. The number of carbonyl (C=O) groups excluding carboxylic acids is 2. The molecule has 0 aliphatic rings. The third-order valence-corrected chi connectivity index (χ3v) is 4.91. The number of thiophene rings is 1. The average molecular weight is 389 g/mol. The number of rotatable bonds is 8. The summed E-state index contributed by atoms with van der Waals surface area (Å²) in [6.07, 6.45) is 3.79. The molecule has 1 N–H and O–H groups in total. The summed E-state index contributed by atoms with van der Waals surface area (Å²) in [6.45, 7) is 4.01. The van der Waals surface area contributed by atoms with Gasteiger partial charge in [0.15, 0.2) is 0 Å². The number of hydrogen-bond acceptors (Lipinski definition) is 6. The maximum atomic E-state index is 12.4. The summed E-state index contributed by atoms with van der Waals surface area (Å²) in [5.74, 6) is 0.486. The fraction of sp³-hybridized carbons (Fsp3) is 0.300. The van der Waals surface area contributed by atoms with E-state index < -0.39 is 5.97 Å². The van der Waals surface area contributed by atoms with Crippen LogP contribution in [0.1, 0.15) is 34.6 Å². The molecule has 1 amide bonds. The molecule has 2 rings (SSSR count). The van der Waals surface area contributed by atoms with Crippen LogP contribution in [-0.4, -0.2) is 32.7 Å². The monoisotopic (exact) mass is 389 g/mol. The van der Waals surface area contributed by atoms with Crippen LogP contribution in [0.15, 0.2) is 30.3 Å². The minimum Gasteiger partial charge on any atom is -0.497 e. The Morgan fingerprint density at radius 1 is 1.15 bits per heavy atom. The first-order valence-corrected chi connectivity index (χ1v) is 9.34. The molecule has 0 saturated carbocycles. The van der Waals surface area contributed by atoms with E-state index in [-0.39, 0.29) is 12.5 Å². The van der Waals surface area contributed by atoms with E-state index in [0.717, 1.165) is 11.3 Å². The van der Waals surface area contributed by atoms with Gasteiger partial charge in [-0.05, 0) is 43.7 Å². The molecular weight excluding hydrogens is 366 g/mol. The van der Waals surface area contributed by atoms with Gasteiger partial charge in [0, 0.05) is 16.5 Å². The number of esters is 1. The van der Waals surface area contributed by atoms with Gasteiger partial charge in [-0.15, -0.1) is 11.3 Å². The van der Waals surface area contributed by atoms with Crippen LogP contribution in [0.5, 0.6) is 11.5 Å². The molecular formula is C20H23NO5S. The molecule has 2 aromatic rings. The quantitative estimate of drug-likeness (QED) is 0.542. The normalized spacial score (nSPS) is 10.7. The van der Waals surface area contributed by atoms with Gasteiger partial charge in [0.1, 0.15) is 16.5 Å². The number of methoxy groups -OCH3 is 2. The second kappa shape index (κ2) is 9.78. The van der Waals surface area contributed by atoms with Crippen molar-refractivity contribution in [2.45, 2.75) is 20.3 Å². The van der Waals surface area contributed by atoms with Gasteiger partial charge in [-0.1, -0.05) is 6.92 Å². The van der Waals surface area contributed by atoms with Gasteiger partial charge in [0.2, 0.25) is 5.91 Å². The molecule has 0 saturated heterocycles. The Morgan fingerprint density at radius 2 is 1.93 bits per heavy atom. The van der Waals surface area contributed by atoms with Crippen molar-refractivity contribution in [3.8, 4) is 11.5 Å². The van der Waals surface area contributed by atoms with Gasteiger partial charge < -0.3 is 19.5 Å². The van der Waals surface area contributed by atoms with E-state index in [0.29, 0.717) is 27.6 Å². The zero-order chi connectivity index (χ0) is 19.8. The molecule has 0 radical (unpaired) electrons. The zero-order valence-corrected chi connectivity index (χ0v) is 16.6. The summed E-state index contributed by atoms with van der Waals surface area (Å²) in [5, 5.41) is 3.24. The number of anilines is 1. The summed E-state index contributed by atoms with van der Waals surface area (Å²) in [7, 11) is 3.13. The first-order valence-electron chi connectivity index (χ1n) is 8.53. The second-order valence-corrected chi connectivity index (χ2v) is 6.60. The first kappa shape index (κ1) is 20.5. The smallest absolute Gasteiger partial charge is 0.341 e. The molecule has 0 fully saturated rings. The molecule has 0 bridgehead atoms. The third kappa shape index (κ3) is 5.34. The van der Waals surface area contributed by atoms with Crippen molar-refractivity contribution in [1.29, 1.82) is 0 Å². The maximum absolute atomic E-state index is 12.4. The fourth-order valence-electron chi connectivity index (χ4n) is 2.36. The van der Waals surface area contributed by atoms with Crippen molar-refractivity contribution in [2.24, 2.45) is 0 Å². The SMILES string of the molecule is CCOC(=O)c1cc(CC)sc1NC(=O)/C=C/c1cc(OC)ccc1OC. The van der Waals surface area contributed by atoms with Gasteiger partial charge >= 0.3 is 5.97 Å². The Bertz CT molecular complexity index is 841. The lowest BCUT2D eigenvalue weighted by Crippen LogP contribution is -2.11. The number of nitrogens with one attached hydrogen (secondary N) is 1. The number of ether oxygens (including phenoxy) is 3. The molecule has 27 heavy (non-hydrogen) atoms. The van der Waals surface area contributed by atoms with Crippen molar-refractivity contribution in [2.75, 3.05) is 26.1 Å². The third-order valence-electron chi connectivity index (χ3n) is 3.71. The van der Waals surface area contributed by atoms with E-state index in [2.05, 4.69) is 5.32 Å². The lowest BCUT2D eigenvalue weighted by Gasteiger charge is -2.07. The van der Waals surface area contributed by atoms with Gasteiger partial charge in [0.05, 0.1) is 26.4 Å². The van der Waals surface area contributed by atoms with Crippen molar-refractivity contribution in [3.63, 3.8) is 0 Å². The van der Waals surface area contributed by atoms with Crippen LogP contribution in [0.3, 0.4) is 0 Å². The average Bonchev–Trinajstić information content (AvgIpc) is 3.09. The fourth-order valence-corrected chi connectivity index (χ4v) is 3.35. The van der Waals surface area contributed by atoms with Crippen molar-refractivity contribution < 1.29 is 23.8 Å². The standard InChI is InChI=1S/C20H23NO5S/c1-5-15-12-16(20(23)26-6-2)19(27-15)21-18(22)10-7-13-11-14(24-3)8-9-17(13)25-4/h7-12H,5-6H2,1-4H3,(H,21,22)/b10-7+. The Balaban J connectivity index is 2.20. The van der Waals surface area contributed by atoms with E-state index in [1.807, 2.05) is 6.92 Å². The second-order valence-electron chi connectivity index (χ2n) is 5.46. The maximum Gasteiger partial charge on any atom is 0.341 e. The van der Waals surface area contributed by atoms with E-state index in [4.69, 9.17) is 14.2 Å². The van der Waals surface area contributed by atoms with Gasteiger partial charge in [0.25, 0.3) is 0 Å². The zero-order valence-electron chi connectivity index (χ0n) is 15.8. The molecule has 0 atom stereocenters. The van der Waals surface area contributed by atoms with Gasteiger partial charge in [-0.2, -0.15) is 0 Å². The predicted molar refractivity (Wildman–Crippen MR) is 107 cm³/mol.